The average Bonchev–Trinajstić information content (AvgIpc) is 3.17. The Bertz CT molecular complexity index is 1190. The SMILES string of the molecule is CSc1nn2c(N3CCNCC3)c3c(nc2c1S(=O)(=O)c1ccccc1)CCCC3. The number of aryl methyl sites for hydroxylation is 1. The lowest BCUT2D eigenvalue weighted by molar-refractivity contribution is 0.570. The van der Waals surface area contributed by atoms with Gasteiger partial charge in [-0.15, -0.1) is 11.8 Å². The summed E-state index contributed by atoms with van der Waals surface area (Å²) in [6.07, 6.45) is 5.94. The van der Waals surface area contributed by atoms with Crippen molar-refractivity contribution in [3.63, 3.8) is 0 Å². The molecule has 0 atom stereocenters. The Balaban J connectivity index is 1.81. The number of thioether (sulfide) groups is 1. The van der Waals surface area contributed by atoms with Crippen molar-refractivity contribution in [2.45, 2.75) is 40.5 Å². The monoisotopic (exact) mass is 443 g/mol. The van der Waals surface area contributed by atoms with Crippen LogP contribution in [-0.4, -0.2) is 55.5 Å². The summed E-state index contributed by atoms with van der Waals surface area (Å²) in [4.78, 5) is 7.74. The van der Waals surface area contributed by atoms with Crippen molar-refractivity contribution in [1.29, 1.82) is 0 Å². The van der Waals surface area contributed by atoms with E-state index in [2.05, 4.69) is 10.2 Å². The van der Waals surface area contributed by atoms with E-state index in [0.29, 0.717) is 10.7 Å². The Morgan fingerprint density at radius 3 is 2.53 bits per heavy atom. The van der Waals surface area contributed by atoms with Gasteiger partial charge in [-0.25, -0.2) is 13.4 Å². The molecule has 1 aromatic carbocycles. The molecule has 3 aromatic rings. The number of anilines is 1. The van der Waals surface area contributed by atoms with E-state index in [0.717, 1.165) is 63.4 Å². The van der Waals surface area contributed by atoms with Gasteiger partial charge < -0.3 is 10.2 Å². The standard InChI is InChI=1S/C21H25N5O2S2/c1-29-20-18(30(27,28)15-7-3-2-4-8-15)19-23-17-10-6-5-9-16(17)21(26(19)24-20)25-13-11-22-12-14-25/h2-4,7-8,22H,5-6,9-14H2,1H3. The van der Waals surface area contributed by atoms with Crippen LogP contribution in [0.15, 0.2) is 45.1 Å². The van der Waals surface area contributed by atoms with E-state index in [9.17, 15) is 8.42 Å². The van der Waals surface area contributed by atoms with Crippen molar-refractivity contribution in [1.82, 2.24) is 19.9 Å². The molecule has 9 heteroatoms. The third-order valence-corrected chi connectivity index (χ3v) is 8.48. The molecule has 0 radical (unpaired) electrons. The molecule has 1 aliphatic heterocycles. The summed E-state index contributed by atoms with van der Waals surface area (Å²) in [7, 11) is -3.74. The van der Waals surface area contributed by atoms with Crippen LogP contribution in [0.1, 0.15) is 24.1 Å². The summed E-state index contributed by atoms with van der Waals surface area (Å²) in [5.74, 6) is 1.03. The molecule has 30 heavy (non-hydrogen) atoms. The molecule has 1 aliphatic carbocycles. The second-order valence-electron chi connectivity index (χ2n) is 7.70. The molecule has 3 heterocycles. The van der Waals surface area contributed by atoms with E-state index in [1.54, 1.807) is 28.8 Å². The Morgan fingerprint density at radius 2 is 1.80 bits per heavy atom. The summed E-state index contributed by atoms with van der Waals surface area (Å²) in [5, 5.41) is 8.69. The van der Waals surface area contributed by atoms with E-state index in [1.807, 2.05) is 12.3 Å². The van der Waals surface area contributed by atoms with Gasteiger partial charge in [0.2, 0.25) is 9.84 Å². The number of rotatable bonds is 4. The zero-order valence-corrected chi connectivity index (χ0v) is 18.6. The first-order valence-electron chi connectivity index (χ1n) is 10.4. The molecule has 0 amide bonds. The normalized spacial score (nSPS) is 17.3. The average molecular weight is 444 g/mol. The fraction of sp³-hybridized carbons (Fsp3) is 0.429. The van der Waals surface area contributed by atoms with Gasteiger partial charge in [0.1, 0.15) is 10.8 Å². The minimum absolute atomic E-state index is 0.228. The van der Waals surface area contributed by atoms with E-state index in [1.165, 1.54) is 17.3 Å². The Kier molecular flexibility index (Phi) is 5.20. The highest BCUT2D eigenvalue weighted by atomic mass is 32.2. The quantitative estimate of drug-likeness (QED) is 0.621. The molecule has 2 aliphatic rings. The molecular weight excluding hydrogens is 418 g/mol. The predicted molar refractivity (Wildman–Crippen MR) is 118 cm³/mol. The van der Waals surface area contributed by atoms with Crippen molar-refractivity contribution in [3.05, 3.63) is 41.6 Å². The first kappa shape index (κ1) is 19.8. The van der Waals surface area contributed by atoms with Gasteiger partial charge in [0.25, 0.3) is 0 Å². The van der Waals surface area contributed by atoms with Crippen LogP contribution in [0.25, 0.3) is 5.65 Å². The van der Waals surface area contributed by atoms with Crippen LogP contribution >= 0.6 is 11.8 Å². The van der Waals surface area contributed by atoms with Gasteiger partial charge >= 0.3 is 0 Å². The number of nitrogens with one attached hydrogen (secondary N) is 1. The molecule has 158 valence electrons. The molecule has 0 spiro atoms. The van der Waals surface area contributed by atoms with Crippen LogP contribution in [0, 0.1) is 0 Å². The lowest BCUT2D eigenvalue weighted by Gasteiger charge is -2.32. The number of benzene rings is 1. The van der Waals surface area contributed by atoms with Crippen molar-refractivity contribution >= 4 is 33.1 Å². The van der Waals surface area contributed by atoms with Crippen LogP contribution in [0.5, 0.6) is 0 Å². The summed E-state index contributed by atoms with van der Waals surface area (Å²) in [6.45, 7) is 3.57. The van der Waals surface area contributed by atoms with Crippen LogP contribution in [0.3, 0.4) is 0 Å². The van der Waals surface area contributed by atoms with Crippen LogP contribution in [0.4, 0.5) is 5.82 Å². The number of fused-ring (bicyclic) bond motifs is 2. The van der Waals surface area contributed by atoms with Gasteiger partial charge in [-0.2, -0.15) is 9.61 Å². The Hall–Kier alpha value is -2.10. The zero-order valence-electron chi connectivity index (χ0n) is 17.0. The smallest absolute Gasteiger partial charge is 0.213 e. The molecule has 0 unspecified atom stereocenters. The Labute approximate surface area is 180 Å². The van der Waals surface area contributed by atoms with E-state index in [4.69, 9.17) is 10.1 Å². The number of piperazine rings is 1. The van der Waals surface area contributed by atoms with Gasteiger partial charge in [0, 0.05) is 37.4 Å². The van der Waals surface area contributed by atoms with Crippen LogP contribution < -0.4 is 10.2 Å². The van der Waals surface area contributed by atoms with E-state index < -0.39 is 9.84 Å². The molecule has 1 N–H and O–H groups in total. The molecule has 2 aromatic heterocycles. The highest BCUT2D eigenvalue weighted by Crippen LogP contribution is 2.37. The highest BCUT2D eigenvalue weighted by molar-refractivity contribution is 7.99. The minimum atomic E-state index is -3.74. The van der Waals surface area contributed by atoms with Crippen molar-refractivity contribution < 1.29 is 8.42 Å². The number of sulfone groups is 1. The fourth-order valence-corrected chi connectivity index (χ4v) is 6.83. The predicted octanol–water partition coefficient (Wildman–Crippen LogP) is 2.57. The topological polar surface area (TPSA) is 79.6 Å². The van der Waals surface area contributed by atoms with Gasteiger partial charge in [0.15, 0.2) is 10.5 Å². The van der Waals surface area contributed by atoms with Crippen LogP contribution in [0.2, 0.25) is 0 Å². The highest BCUT2D eigenvalue weighted by Gasteiger charge is 2.32. The summed E-state index contributed by atoms with van der Waals surface area (Å²) in [5.41, 5.74) is 2.71. The van der Waals surface area contributed by atoms with Crippen molar-refractivity contribution in [2.75, 3.05) is 37.3 Å². The van der Waals surface area contributed by atoms with E-state index in [-0.39, 0.29) is 9.79 Å². The number of nitrogens with zero attached hydrogens (tertiary/aromatic N) is 4. The van der Waals surface area contributed by atoms with Crippen molar-refractivity contribution in [2.24, 2.45) is 0 Å². The molecular formula is C21H25N5O2S2. The molecule has 0 saturated carbocycles. The lowest BCUT2D eigenvalue weighted by atomic mass is 9.96. The van der Waals surface area contributed by atoms with Gasteiger partial charge in [0.05, 0.1) is 4.90 Å². The van der Waals surface area contributed by atoms with Gasteiger partial charge in [-0.3, -0.25) is 0 Å². The molecule has 1 fully saturated rings. The maximum absolute atomic E-state index is 13.6. The fourth-order valence-electron chi connectivity index (χ4n) is 4.42. The number of hydrogen-bond acceptors (Lipinski definition) is 7. The first-order valence-corrected chi connectivity index (χ1v) is 13.1. The molecule has 7 nitrogen and oxygen atoms in total. The third-order valence-electron chi connectivity index (χ3n) is 5.87. The van der Waals surface area contributed by atoms with Crippen LogP contribution in [-0.2, 0) is 22.7 Å². The van der Waals surface area contributed by atoms with Gasteiger partial charge in [-0.1, -0.05) is 18.2 Å². The van der Waals surface area contributed by atoms with E-state index >= 15 is 0 Å². The maximum atomic E-state index is 13.6. The lowest BCUT2D eigenvalue weighted by Crippen LogP contribution is -2.45. The largest absolute Gasteiger partial charge is 0.354 e. The third kappa shape index (κ3) is 3.19. The summed E-state index contributed by atoms with van der Waals surface area (Å²) < 4.78 is 29.0. The molecule has 0 bridgehead atoms. The number of hydrogen-bond donors (Lipinski definition) is 1. The van der Waals surface area contributed by atoms with Gasteiger partial charge in [-0.05, 0) is 44.1 Å². The summed E-state index contributed by atoms with van der Waals surface area (Å²) in [6, 6.07) is 8.59. The second-order valence-corrected chi connectivity index (χ2v) is 10.4. The Morgan fingerprint density at radius 1 is 1.07 bits per heavy atom. The summed E-state index contributed by atoms with van der Waals surface area (Å²) >= 11 is 1.36. The zero-order chi connectivity index (χ0) is 20.7. The first-order chi connectivity index (χ1) is 14.6. The molecule has 5 rings (SSSR count). The minimum Gasteiger partial charge on any atom is -0.354 e. The number of aromatic nitrogens is 3. The maximum Gasteiger partial charge on any atom is 0.213 e. The second kappa shape index (κ2) is 7.86. The molecule has 1 saturated heterocycles. The van der Waals surface area contributed by atoms with Crippen molar-refractivity contribution in [3.8, 4) is 0 Å².